The monoisotopic (exact) mass is 450 g/mol. The number of aliphatic carboxylic acids is 1. The van der Waals surface area contributed by atoms with Crippen LogP contribution < -0.4 is 21.7 Å². The molecule has 0 radical (unpaired) electrons. The average Bonchev–Trinajstić information content (AvgIpc) is 2.70. The summed E-state index contributed by atoms with van der Waals surface area (Å²) < 4.78 is 0. The zero-order valence-corrected chi connectivity index (χ0v) is 18.6. The van der Waals surface area contributed by atoms with Crippen LogP contribution in [0.3, 0.4) is 0 Å². The van der Waals surface area contributed by atoms with Gasteiger partial charge in [-0.25, -0.2) is 4.79 Å². The number of nitrogens with two attached hydrogens (primary N) is 1. The van der Waals surface area contributed by atoms with E-state index in [2.05, 4.69) is 16.0 Å². The Labute approximate surface area is 180 Å². The van der Waals surface area contributed by atoms with Crippen LogP contribution in [0.25, 0.3) is 0 Å². The Hall–Kier alpha value is -1.89. The fourth-order valence-corrected chi connectivity index (χ4v) is 2.86. The van der Waals surface area contributed by atoms with E-state index in [1.165, 1.54) is 18.7 Å². The third-order valence-electron chi connectivity index (χ3n) is 4.66. The Morgan fingerprint density at radius 2 is 1.57 bits per heavy atom. The molecule has 0 aromatic heterocycles. The van der Waals surface area contributed by atoms with Gasteiger partial charge in [-0.15, -0.1) is 0 Å². The summed E-state index contributed by atoms with van der Waals surface area (Å²) in [5.41, 5.74) is 5.59. The van der Waals surface area contributed by atoms with Crippen LogP contribution in [0.5, 0.6) is 0 Å². The van der Waals surface area contributed by atoms with Crippen molar-refractivity contribution < 1.29 is 34.5 Å². The smallest absolute Gasteiger partial charge is 0.326 e. The van der Waals surface area contributed by atoms with Crippen LogP contribution >= 0.6 is 11.8 Å². The summed E-state index contributed by atoms with van der Waals surface area (Å²) in [4.78, 5) is 48.5. The zero-order chi connectivity index (χ0) is 23.4. The second-order valence-corrected chi connectivity index (χ2v) is 8.05. The Balaban J connectivity index is 5.25. The number of hydrogen-bond acceptors (Lipinski definition) is 8. The first kappa shape index (κ1) is 28.1. The molecule has 0 aromatic carbocycles. The quantitative estimate of drug-likeness (QED) is 0.157. The normalized spacial score (nSPS) is 17.0. The van der Waals surface area contributed by atoms with Crippen molar-refractivity contribution in [2.45, 2.75) is 63.9 Å². The summed E-state index contributed by atoms with van der Waals surface area (Å²) in [5.74, 6) is -3.39. The number of aliphatic hydroxyl groups is 2. The average molecular weight is 451 g/mol. The summed E-state index contributed by atoms with van der Waals surface area (Å²) in [5, 5.41) is 35.3. The van der Waals surface area contributed by atoms with Crippen molar-refractivity contribution in [2.24, 2.45) is 11.7 Å². The van der Waals surface area contributed by atoms with Crippen LogP contribution in [0.4, 0.5) is 0 Å². The molecule has 0 bridgehead atoms. The fraction of sp³-hybridized carbons (Fsp3) is 0.778. The lowest BCUT2D eigenvalue weighted by molar-refractivity contribution is -0.142. The van der Waals surface area contributed by atoms with E-state index in [9.17, 15) is 34.5 Å². The summed E-state index contributed by atoms with van der Waals surface area (Å²) in [6.07, 6.45) is 1.35. The number of amides is 3. The molecule has 8 N–H and O–H groups in total. The van der Waals surface area contributed by atoms with Gasteiger partial charge in [-0.3, -0.25) is 14.4 Å². The maximum absolute atomic E-state index is 12.7. The molecule has 6 unspecified atom stereocenters. The largest absolute Gasteiger partial charge is 0.480 e. The van der Waals surface area contributed by atoms with Crippen molar-refractivity contribution in [1.82, 2.24) is 16.0 Å². The molecule has 12 heteroatoms. The molecule has 0 aliphatic heterocycles. The highest BCUT2D eigenvalue weighted by molar-refractivity contribution is 7.98. The van der Waals surface area contributed by atoms with Crippen LogP contribution in [0.1, 0.15) is 33.6 Å². The van der Waals surface area contributed by atoms with E-state index in [1.54, 1.807) is 20.1 Å². The van der Waals surface area contributed by atoms with Gasteiger partial charge in [0.15, 0.2) is 0 Å². The van der Waals surface area contributed by atoms with E-state index in [4.69, 9.17) is 5.73 Å². The molecule has 30 heavy (non-hydrogen) atoms. The molecule has 0 spiro atoms. The van der Waals surface area contributed by atoms with Gasteiger partial charge in [0.2, 0.25) is 17.7 Å². The lowest BCUT2D eigenvalue weighted by Gasteiger charge is -2.27. The number of carbonyl (C=O) groups is 4. The van der Waals surface area contributed by atoms with Crippen molar-refractivity contribution in [3.8, 4) is 0 Å². The molecule has 0 rings (SSSR count). The number of thioether (sulfide) groups is 1. The minimum absolute atomic E-state index is 0.178. The lowest BCUT2D eigenvalue weighted by Crippen LogP contribution is -2.60. The Morgan fingerprint density at radius 1 is 1.00 bits per heavy atom. The van der Waals surface area contributed by atoms with Crippen LogP contribution in [-0.4, -0.2) is 87.9 Å². The van der Waals surface area contributed by atoms with E-state index in [0.29, 0.717) is 12.2 Å². The second-order valence-electron chi connectivity index (χ2n) is 7.06. The maximum Gasteiger partial charge on any atom is 0.326 e. The van der Waals surface area contributed by atoms with Gasteiger partial charge in [0.25, 0.3) is 0 Å². The minimum atomic E-state index is -1.40. The molecule has 0 aromatic rings. The summed E-state index contributed by atoms with van der Waals surface area (Å²) in [7, 11) is 0. The number of carboxylic acid groups (broad SMARTS) is 1. The molecule has 6 atom stereocenters. The van der Waals surface area contributed by atoms with Gasteiger partial charge < -0.3 is 37.0 Å². The number of rotatable bonds is 14. The summed E-state index contributed by atoms with van der Waals surface area (Å²) >= 11 is 1.42. The van der Waals surface area contributed by atoms with Gasteiger partial charge in [0.05, 0.1) is 12.7 Å². The first-order valence-electron chi connectivity index (χ1n) is 9.67. The highest BCUT2D eigenvalue weighted by atomic mass is 32.2. The Morgan fingerprint density at radius 3 is 2.00 bits per heavy atom. The molecule has 0 aliphatic carbocycles. The minimum Gasteiger partial charge on any atom is -0.480 e. The second kappa shape index (κ2) is 14.2. The first-order valence-corrected chi connectivity index (χ1v) is 11.1. The third-order valence-corrected chi connectivity index (χ3v) is 5.30. The topological polar surface area (TPSA) is 191 Å². The van der Waals surface area contributed by atoms with E-state index in [1.807, 2.05) is 0 Å². The first-order chi connectivity index (χ1) is 14.0. The molecular weight excluding hydrogens is 416 g/mol. The van der Waals surface area contributed by atoms with Gasteiger partial charge in [-0.1, -0.05) is 20.3 Å². The van der Waals surface area contributed by atoms with Crippen LogP contribution in [0.2, 0.25) is 0 Å². The van der Waals surface area contributed by atoms with Gasteiger partial charge in [-0.2, -0.15) is 11.8 Å². The molecule has 0 aliphatic rings. The predicted molar refractivity (Wildman–Crippen MR) is 113 cm³/mol. The molecule has 174 valence electrons. The molecule has 0 heterocycles. The van der Waals surface area contributed by atoms with Gasteiger partial charge in [0, 0.05) is 0 Å². The van der Waals surface area contributed by atoms with Crippen LogP contribution in [0.15, 0.2) is 0 Å². The standard InChI is InChI=1S/C18H34N4O7S/c1-5-9(2)14(22-16(26)13(19)10(3)24)17(27)21-12(8-23)15(25)20-11(18(28)29)6-7-30-4/h9-14,23-24H,5-8,19H2,1-4H3,(H,20,25)(H,21,27)(H,22,26)(H,28,29). The number of carbonyl (C=O) groups excluding carboxylic acids is 3. The number of aliphatic hydroxyl groups excluding tert-OH is 2. The van der Waals surface area contributed by atoms with Gasteiger partial charge in [-0.05, 0) is 31.3 Å². The van der Waals surface area contributed by atoms with Crippen molar-refractivity contribution in [2.75, 3.05) is 18.6 Å². The summed E-state index contributed by atoms with van der Waals surface area (Å²) in [6.45, 7) is 4.08. The SMILES string of the molecule is CCC(C)C(NC(=O)C(N)C(C)O)C(=O)NC(CO)C(=O)NC(CCSC)C(=O)O. The molecule has 11 nitrogen and oxygen atoms in total. The van der Waals surface area contributed by atoms with Crippen molar-refractivity contribution >= 4 is 35.5 Å². The Bertz CT molecular complexity index is 591. The van der Waals surface area contributed by atoms with Gasteiger partial charge >= 0.3 is 5.97 Å². The predicted octanol–water partition coefficient (Wildman–Crippen LogP) is -1.97. The van der Waals surface area contributed by atoms with E-state index in [-0.39, 0.29) is 12.3 Å². The molecule has 0 fully saturated rings. The maximum atomic E-state index is 12.7. The molecule has 3 amide bonds. The van der Waals surface area contributed by atoms with E-state index < -0.39 is 60.6 Å². The highest BCUT2D eigenvalue weighted by Crippen LogP contribution is 2.09. The number of hydrogen-bond donors (Lipinski definition) is 7. The fourth-order valence-electron chi connectivity index (χ4n) is 2.39. The van der Waals surface area contributed by atoms with Crippen LogP contribution in [0, 0.1) is 5.92 Å². The van der Waals surface area contributed by atoms with E-state index >= 15 is 0 Å². The summed E-state index contributed by atoms with van der Waals surface area (Å²) in [6, 6.07) is -4.87. The lowest BCUT2D eigenvalue weighted by atomic mass is 9.97. The number of carboxylic acids is 1. The van der Waals surface area contributed by atoms with Crippen LogP contribution in [-0.2, 0) is 19.2 Å². The molecule has 0 saturated carbocycles. The highest BCUT2D eigenvalue weighted by Gasteiger charge is 2.32. The third kappa shape index (κ3) is 9.28. The van der Waals surface area contributed by atoms with Crippen molar-refractivity contribution in [1.29, 1.82) is 0 Å². The van der Waals surface area contributed by atoms with Gasteiger partial charge in [0.1, 0.15) is 24.2 Å². The molecule has 0 saturated heterocycles. The zero-order valence-electron chi connectivity index (χ0n) is 17.8. The van der Waals surface area contributed by atoms with Crippen molar-refractivity contribution in [3.05, 3.63) is 0 Å². The number of nitrogens with one attached hydrogen (secondary N) is 3. The van der Waals surface area contributed by atoms with Crippen molar-refractivity contribution in [3.63, 3.8) is 0 Å². The molecular formula is C18H34N4O7S. The Kier molecular flexibility index (Phi) is 13.3. The van der Waals surface area contributed by atoms with E-state index in [0.717, 1.165) is 0 Å².